The monoisotopic (exact) mass is 449 g/mol. The second-order valence-corrected chi connectivity index (χ2v) is 8.31. The van der Waals surface area contributed by atoms with Gasteiger partial charge in [0.2, 0.25) is 5.91 Å². The predicted octanol–water partition coefficient (Wildman–Crippen LogP) is 3.96. The summed E-state index contributed by atoms with van der Waals surface area (Å²) < 4.78 is 5.19. The smallest absolute Gasteiger partial charge is 0.293 e. The number of H-pyrrole nitrogens is 1. The molecular weight excluding hydrogens is 426 g/mol. The van der Waals surface area contributed by atoms with E-state index in [0.717, 1.165) is 38.7 Å². The number of ether oxygens (including phenoxy) is 1. The summed E-state index contributed by atoms with van der Waals surface area (Å²) in [5.41, 5.74) is 2.97. The Balaban J connectivity index is 1.28. The van der Waals surface area contributed by atoms with Crippen molar-refractivity contribution in [1.82, 2.24) is 15.2 Å². The second kappa shape index (κ2) is 9.74. The Hall–Kier alpha value is -3.52. The van der Waals surface area contributed by atoms with Crippen molar-refractivity contribution in [2.75, 3.05) is 20.2 Å². The van der Waals surface area contributed by atoms with Crippen molar-refractivity contribution in [2.45, 2.75) is 12.8 Å². The van der Waals surface area contributed by atoms with Crippen molar-refractivity contribution >= 4 is 45.8 Å². The summed E-state index contributed by atoms with van der Waals surface area (Å²) in [5, 5.41) is 3.64. The van der Waals surface area contributed by atoms with E-state index in [1.165, 1.54) is 0 Å². The maximum absolute atomic E-state index is 12.6. The molecule has 0 spiro atoms. The average Bonchev–Trinajstić information content (AvgIpc) is 3.33. The van der Waals surface area contributed by atoms with Crippen LogP contribution in [0.1, 0.15) is 17.5 Å². The van der Waals surface area contributed by atoms with Crippen LogP contribution in [0, 0.1) is 0 Å². The number of aromatic amines is 1. The minimum Gasteiger partial charge on any atom is -0.497 e. The summed E-state index contributed by atoms with van der Waals surface area (Å²) in [6.07, 6.45) is 4.37. The fraction of sp³-hybridized carbons (Fsp3) is 0.208. The Labute approximate surface area is 189 Å². The molecule has 1 aromatic heterocycles. The third-order valence-electron chi connectivity index (χ3n) is 5.22. The highest BCUT2D eigenvalue weighted by atomic mass is 32.2. The van der Waals surface area contributed by atoms with Gasteiger partial charge >= 0.3 is 0 Å². The van der Waals surface area contributed by atoms with Crippen molar-refractivity contribution < 1.29 is 19.1 Å². The first kappa shape index (κ1) is 21.7. The number of fused-ring (bicyclic) bond motifs is 1. The molecule has 1 saturated heterocycles. The number of aromatic nitrogens is 1. The Morgan fingerprint density at radius 3 is 2.88 bits per heavy atom. The zero-order chi connectivity index (χ0) is 22.5. The third-order valence-corrected chi connectivity index (χ3v) is 6.13. The molecule has 0 unspecified atom stereocenters. The van der Waals surface area contributed by atoms with Gasteiger partial charge in [0, 0.05) is 36.6 Å². The van der Waals surface area contributed by atoms with Gasteiger partial charge in [0.15, 0.2) is 0 Å². The molecule has 2 N–H and O–H groups in total. The molecule has 3 amide bonds. The summed E-state index contributed by atoms with van der Waals surface area (Å²) in [5.74, 6) is 0.0948. The molecular formula is C24H23N3O4S. The van der Waals surface area contributed by atoms with Crippen molar-refractivity contribution in [3.05, 3.63) is 70.8 Å². The number of imide groups is 1. The number of amides is 3. The van der Waals surface area contributed by atoms with Crippen molar-refractivity contribution in [1.29, 1.82) is 0 Å². The molecule has 0 saturated carbocycles. The Morgan fingerprint density at radius 2 is 2.03 bits per heavy atom. The number of rotatable bonds is 8. The second-order valence-electron chi connectivity index (χ2n) is 7.32. The van der Waals surface area contributed by atoms with Crippen LogP contribution in [0.15, 0.2) is 59.6 Å². The molecule has 2 heterocycles. The number of benzene rings is 2. The highest BCUT2D eigenvalue weighted by Gasteiger charge is 2.35. The van der Waals surface area contributed by atoms with Gasteiger partial charge in [-0.1, -0.05) is 30.3 Å². The molecule has 1 aliphatic heterocycles. The fourth-order valence-corrected chi connectivity index (χ4v) is 4.42. The Bertz CT molecular complexity index is 1200. The first-order valence-corrected chi connectivity index (χ1v) is 11.1. The molecule has 7 nitrogen and oxygen atoms in total. The van der Waals surface area contributed by atoms with Crippen LogP contribution in [-0.4, -0.2) is 47.1 Å². The van der Waals surface area contributed by atoms with E-state index in [1.54, 1.807) is 25.3 Å². The number of thioether (sulfide) groups is 1. The molecule has 32 heavy (non-hydrogen) atoms. The van der Waals surface area contributed by atoms with Crippen LogP contribution >= 0.6 is 11.8 Å². The molecule has 0 bridgehead atoms. The lowest BCUT2D eigenvalue weighted by Crippen LogP contribution is -2.34. The minimum absolute atomic E-state index is 0.0546. The van der Waals surface area contributed by atoms with E-state index in [0.29, 0.717) is 23.6 Å². The van der Waals surface area contributed by atoms with Gasteiger partial charge in [0.1, 0.15) is 5.75 Å². The van der Waals surface area contributed by atoms with E-state index in [2.05, 4.69) is 10.3 Å². The predicted molar refractivity (Wildman–Crippen MR) is 125 cm³/mol. The maximum atomic E-state index is 12.6. The molecule has 0 radical (unpaired) electrons. The quantitative estimate of drug-likeness (QED) is 0.508. The van der Waals surface area contributed by atoms with Gasteiger partial charge in [-0.05, 0) is 53.6 Å². The average molecular weight is 450 g/mol. The number of nitrogens with zero attached hydrogens (tertiary/aromatic N) is 1. The summed E-state index contributed by atoms with van der Waals surface area (Å²) in [4.78, 5) is 41.8. The lowest BCUT2D eigenvalue weighted by molar-refractivity contribution is -0.124. The van der Waals surface area contributed by atoms with E-state index in [-0.39, 0.29) is 30.0 Å². The zero-order valence-electron chi connectivity index (χ0n) is 17.6. The Morgan fingerprint density at radius 1 is 1.19 bits per heavy atom. The lowest BCUT2D eigenvalue weighted by atomic mass is 10.1. The summed E-state index contributed by atoms with van der Waals surface area (Å²) in [7, 11) is 1.57. The van der Waals surface area contributed by atoms with E-state index < -0.39 is 0 Å². The van der Waals surface area contributed by atoms with E-state index in [1.807, 2.05) is 42.6 Å². The standard InChI is InChI=1S/C24H23N3O4S/c1-31-18-6-4-5-16(13-18)14-21-23(29)27(24(30)32-21)12-10-22(28)25-11-9-17-15-26-20-8-3-2-7-19(17)20/h2-8,13-15,26H,9-12H2,1H3,(H,25,28)/b21-14+. The van der Waals surface area contributed by atoms with Crippen LogP contribution in [0.3, 0.4) is 0 Å². The normalized spacial score (nSPS) is 15.0. The van der Waals surface area contributed by atoms with Gasteiger partial charge in [0.05, 0.1) is 12.0 Å². The topological polar surface area (TPSA) is 91.5 Å². The molecule has 1 aliphatic rings. The Kier molecular flexibility index (Phi) is 6.61. The zero-order valence-corrected chi connectivity index (χ0v) is 18.4. The number of carbonyl (C=O) groups is 3. The summed E-state index contributed by atoms with van der Waals surface area (Å²) >= 11 is 0.882. The fourth-order valence-electron chi connectivity index (χ4n) is 3.55. The first-order valence-electron chi connectivity index (χ1n) is 10.3. The van der Waals surface area contributed by atoms with Crippen LogP contribution in [0.25, 0.3) is 17.0 Å². The van der Waals surface area contributed by atoms with Gasteiger partial charge in [-0.15, -0.1) is 0 Å². The molecule has 1 fully saturated rings. The number of methoxy groups -OCH3 is 1. The van der Waals surface area contributed by atoms with E-state index >= 15 is 0 Å². The van der Waals surface area contributed by atoms with Gasteiger partial charge in [0.25, 0.3) is 11.1 Å². The largest absolute Gasteiger partial charge is 0.497 e. The van der Waals surface area contributed by atoms with Crippen molar-refractivity contribution in [3.8, 4) is 5.75 Å². The molecule has 3 aromatic rings. The summed E-state index contributed by atoms with van der Waals surface area (Å²) in [6.45, 7) is 0.539. The molecule has 0 aliphatic carbocycles. The number of hydrogen-bond acceptors (Lipinski definition) is 5. The van der Waals surface area contributed by atoms with Crippen molar-refractivity contribution in [2.24, 2.45) is 0 Å². The molecule has 2 aromatic carbocycles. The number of para-hydroxylation sites is 1. The minimum atomic E-state index is -0.380. The third kappa shape index (κ3) is 4.86. The van der Waals surface area contributed by atoms with Crippen LogP contribution in [0.5, 0.6) is 5.75 Å². The van der Waals surface area contributed by atoms with E-state index in [4.69, 9.17) is 4.74 Å². The molecule has 0 atom stereocenters. The number of nitrogens with one attached hydrogen (secondary N) is 2. The van der Waals surface area contributed by atoms with Crippen LogP contribution in [-0.2, 0) is 16.0 Å². The highest BCUT2D eigenvalue weighted by Crippen LogP contribution is 2.32. The molecule has 164 valence electrons. The van der Waals surface area contributed by atoms with Gasteiger partial charge < -0.3 is 15.0 Å². The molecule has 4 rings (SSSR count). The highest BCUT2D eigenvalue weighted by molar-refractivity contribution is 8.18. The maximum Gasteiger partial charge on any atom is 0.293 e. The van der Waals surface area contributed by atoms with Crippen LogP contribution in [0.4, 0.5) is 4.79 Å². The van der Waals surface area contributed by atoms with Gasteiger partial charge in [-0.2, -0.15) is 0 Å². The van der Waals surface area contributed by atoms with Gasteiger partial charge in [-0.25, -0.2) is 0 Å². The first-order chi connectivity index (χ1) is 15.5. The lowest BCUT2D eigenvalue weighted by Gasteiger charge is -2.12. The number of hydrogen-bond donors (Lipinski definition) is 2. The SMILES string of the molecule is COc1cccc(/C=C2/SC(=O)N(CCC(=O)NCCc3c[nH]c4ccccc34)C2=O)c1. The van der Waals surface area contributed by atoms with Crippen molar-refractivity contribution in [3.63, 3.8) is 0 Å². The number of carbonyl (C=O) groups excluding carboxylic acids is 3. The van der Waals surface area contributed by atoms with Crippen LogP contribution in [0.2, 0.25) is 0 Å². The van der Waals surface area contributed by atoms with E-state index in [9.17, 15) is 14.4 Å². The molecule has 8 heteroatoms. The summed E-state index contributed by atoms with van der Waals surface area (Å²) in [6, 6.07) is 15.2. The van der Waals surface area contributed by atoms with Crippen LogP contribution < -0.4 is 10.1 Å². The van der Waals surface area contributed by atoms with Gasteiger partial charge in [-0.3, -0.25) is 19.3 Å².